The van der Waals surface area contributed by atoms with Crippen LogP contribution < -0.4 is 4.74 Å². The molecule has 0 bridgehead atoms. The van der Waals surface area contributed by atoms with Crippen LogP contribution in [0.5, 0.6) is 5.75 Å². The molecule has 0 spiro atoms. The van der Waals surface area contributed by atoms with Crippen LogP contribution in [0.15, 0.2) is 22.7 Å². The molecule has 1 heterocycles. The number of likely N-dealkylation sites (tertiary alicyclic amines) is 1. The molecule has 114 valence electrons. The highest BCUT2D eigenvalue weighted by Gasteiger charge is 2.53. The van der Waals surface area contributed by atoms with E-state index in [0.717, 1.165) is 12.8 Å². The molecule has 3 rings (SSSR count). The van der Waals surface area contributed by atoms with E-state index < -0.39 is 11.7 Å². The lowest BCUT2D eigenvalue weighted by molar-refractivity contribution is -0.165. The van der Waals surface area contributed by atoms with Crippen molar-refractivity contribution in [2.45, 2.75) is 31.5 Å². The van der Waals surface area contributed by atoms with Gasteiger partial charge in [0.2, 0.25) is 0 Å². The van der Waals surface area contributed by atoms with Crippen molar-refractivity contribution in [1.29, 1.82) is 0 Å². The van der Waals surface area contributed by atoms with Crippen LogP contribution in [0, 0.1) is 5.92 Å². The zero-order valence-corrected chi connectivity index (χ0v) is 14.0. The van der Waals surface area contributed by atoms with Gasteiger partial charge in [0, 0.05) is 5.02 Å². The number of carbonyl (C=O) groups excluding carboxylic acids is 1. The first-order valence-electron chi connectivity index (χ1n) is 7.02. The van der Waals surface area contributed by atoms with Crippen LogP contribution >= 0.6 is 27.5 Å². The number of hydrogen-bond donors (Lipinski definition) is 1. The third kappa shape index (κ3) is 3.05. The topological polar surface area (TPSA) is 49.8 Å². The number of ether oxygens (including phenoxy) is 1. The van der Waals surface area contributed by atoms with Crippen molar-refractivity contribution in [2.24, 2.45) is 5.92 Å². The van der Waals surface area contributed by atoms with Crippen molar-refractivity contribution in [3.8, 4) is 5.75 Å². The van der Waals surface area contributed by atoms with Gasteiger partial charge in [-0.15, -0.1) is 0 Å². The number of halogens is 2. The summed E-state index contributed by atoms with van der Waals surface area (Å²) in [6.07, 6.45) is 1.55. The minimum atomic E-state index is -0.657. The van der Waals surface area contributed by atoms with Crippen LogP contribution in [0.4, 0.5) is 0 Å². The highest BCUT2D eigenvalue weighted by atomic mass is 79.9. The number of rotatable bonds is 4. The Morgan fingerprint density at radius 2 is 2.19 bits per heavy atom. The molecule has 2 fully saturated rings. The Morgan fingerprint density at radius 1 is 1.52 bits per heavy atom. The van der Waals surface area contributed by atoms with Gasteiger partial charge in [0.15, 0.2) is 6.10 Å². The predicted molar refractivity (Wildman–Crippen MR) is 83.5 cm³/mol. The molecular weight excluding hydrogens is 358 g/mol. The number of aliphatic hydroxyl groups is 1. The fraction of sp³-hybridized carbons (Fsp3) is 0.533. The Bertz CT molecular complexity index is 570. The highest BCUT2D eigenvalue weighted by Crippen LogP contribution is 2.44. The first-order chi connectivity index (χ1) is 9.89. The fourth-order valence-electron chi connectivity index (χ4n) is 2.72. The summed E-state index contributed by atoms with van der Waals surface area (Å²) in [6, 6.07) is 5.17. The molecule has 1 N–H and O–H groups in total. The van der Waals surface area contributed by atoms with Gasteiger partial charge in [-0.2, -0.15) is 0 Å². The lowest BCUT2D eigenvalue weighted by Crippen LogP contribution is -2.66. The maximum atomic E-state index is 12.3. The quantitative estimate of drug-likeness (QED) is 0.881. The molecule has 1 atom stereocenters. The van der Waals surface area contributed by atoms with Crippen LogP contribution in [-0.4, -0.2) is 40.7 Å². The van der Waals surface area contributed by atoms with E-state index in [0.29, 0.717) is 34.3 Å². The van der Waals surface area contributed by atoms with Crippen molar-refractivity contribution >= 4 is 33.4 Å². The second kappa shape index (κ2) is 5.45. The molecule has 1 aliphatic heterocycles. The molecule has 1 aromatic carbocycles. The molecule has 1 saturated heterocycles. The molecule has 4 nitrogen and oxygen atoms in total. The third-order valence-electron chi connectivity index (χ3n) is 4.12. The Labute approximate surface area is 137 Å². The Balaban J connectivity index is 1.58. The van der Waals surface area contributed by atoms with Gasteiger partial charge in [-0.25, -0.2) is 0 Å². The largest absolute Gasteiger partial charge is 0.480 e. The zero-order chi connectivity index (χ0) is 15.2. The summed E-state index contributed by atoms with van der Waals surface area (Å²) in [7, 11) is 0. The van der Waals surface area contributed by atoms with E-state index in [-0.39, 0.29) is 5.91 Å². The minimum absolute atomic E-state index is 0.0952. The minimum Gasteiger partial charge on any atom is -0.480 e. The summed E-state index contributed by atoms with van der Waals surface area (Å²) < 4.78 is 6.40. The van der Waals surface area contributed by atoms with Crippen LogP contribution in [0.1, 0.15) is 19.8 Å². The predicted octanol–water partition coefficient (Wildman–Crippen LogP) is 2.85. The molecule has 1 aromatic rings. The van der Waals surface area contributed by atoms with Gasteiger partial charge in [-0.1, -0.05) is 11.6 Å². The van der Waals surface area contributed by atoms with E-state index in [1.807, 2.05) is 0 Å². The zero-order valence-electron chi connectivity index (χ0n) is 11.7. The Kier molecular flexibility index (Phi) is 3.93. The standard InChI is InChI=1S/C15H17BrClNO3/c1-9(21-13-5-4-11(17)6-12(13)16)14(19)18-7-15(20,8-18)10-2-3-10/h4-6,9-10,20H,2-3,7-8H2,1H3. The first-order valence-corrected chi connectivity index (χ1v) is 8.19. The van der Waals surface area contributed by atoms with Gasteiger partial charge < -0.3 is 14.7 Å². The molecule has 1 unspecified atom stereocenters. The number of amides is 1. The molecule has 0 radical (unpaired) electrons. The van der Waals surface area contributed by atoms with Gasteiger partial charge in [-0.05, 0) is 59.8 Å². The lowest BCUT2D eigenvalue weighted by atomic mass is 9.88. The number of hydrogen-bond acceptors (Lipinski definition) is 3. The van der Waals surface area contributed by atoms with Gasteiger partial charge >= 0.3 is 0 Å². The van der Waals surface area contributed by atoms with E-state index in [4.69, 9.17) is 16.3 Å². The molecule has 2 aliphatic rings. The molecule has 21 heavy (non-hydrogen) atoms. The Morgan fingerprint density at radius 3 is 2.76 bits per heavy atom. The van der Waals surface area contributed by atoms with Crippen LogP contribution in [0.2, 0.25) is 5.02 Å². The van der Waals surface area contributed by atoms with Crippen molar-refractivity contribution in [1.82, 2.24) is 4.90 Å². The average Bonchev–Trinajstić information content (AvgIpc) is 3.22. The Hall–Kier alpha value is -0.780. The van der Waals surface area contributed by atoms with E-state index in [1.54, 1.807) is 30.0 Å². The van der Waals surface area contributed by atoms with E-state index in [2.05, 4.69) is 15.9 Å². The summed E-state index contributed by atoms with van der Waals surface area (Å²) in [4.78, 5) is 13.9. The molecule has 1 saturated carbocycles. The number of benzene rings is 1. The molecule has 1 aliphatic carbocycles. The number of nitrogens with zero attached hydrogens (tertiary/aromatic N) is 1. The van der Waals surface area contributed by atoms with Crippen LogP contribution in [0.3, 0.4) is 0 Å². The summed E-state index contributed by atoms with van der Waals surface area (Å²) >= 11 is 9.24. The summed E-state index contributed by atoms with van der Waals surface area (Å²) in [5, 5.41) is 10.9. The smallest absolute Gasteiger partial charge is 0.263 e. The summed E-state index contributed by atoms with van der Waals surface area (Å²) in [5.41, 5.74) is -0.657. The van der Waals surface area contributed by atoms with Crippen molar-refractivity contribution in [2.75, 3.05) is 13.1 Å². The lowest BCUT2D eigenvalue weighted by Gasteiger charge is -2.47. The van der Waals surface area contributed by atoms with Gasteiger partial charge in [0.1, 0.15) is 11.4 Å². The van der Waals surface area contributed by atoms with E-state index in [1.165, 1.54) is 0 Å². The summed E-state index contributed by atoms with van der Waals surface area (Å²) in [5.74, 6) is 0.864. The monoisotopic (exact) mass is 373 g/mol. The SMILES string of the molecule is CC(Oc1ccc(Cl)cc1Br)C(=O)N1CC(O)(C2CC2)C1. The van der Waals surface area contributed by atoms with Crippen molar-refractivity contribution in [3.63, 3.8) is 0 Å². The molecule has 1 amide bonds. The second-order valence-electron chi connectivity index (χ2n) is 5.91. The van der Waals surface area contributed by atoms with Crippen molar-refractivity contribution in [3.05, 3.63) is 27.7 Å². The average molecular weight is 375 g/mol. The third-order valence-corrected chi connectivity index (χ3v) is 4.98. The van der Waals surface area contributed by atoms with Crippen molar-refractivity contribution < 1.29 is 14.6 Å². The number of carbonyl (C=O) groups is 1. The summed E-state index contributed by atoms with van der Waals surface area (Å²) in [6.45, 7) is 2.57. The molecule has 6 heteroatoms. The van der Waals surface area contributed by atoms with Gasteiger partial charge in [0.25, 0.3) is 5.91 Å². The highest BCUT2D eigenvalue weighted by molar-refractivity contribution is 9.10. The normalized spacial score (nSPS) is 21.6. The van der Waals surface area contributed by atoms with Gasteiger partial charge in [0.05, 0.1) is 17.6 Å². The van der Waals surface area contributed by atoms with Crippen LogP contribution in [0.25, 0.3) is 0 Å². The fourth-order valence-corrected chi connectivity index (χ4v) is 3.49. The maximum absolute atomic E-state index is 12.3. The molecule has 0 aromatic heterocycles. The van der Waals surface area contributed by atoms with E-state index in [9.17, 15) is 9.90 Å². The van der Waals surface area contributed by atoms with E-state index >= 15 is 0 Å². The van der Waals surface area contributed by atoms with Gasteiger partial charge in [-0.3, -0.25) is 4.79 Å². The second-order valence-corrected chi connectivity index (χ2v) is 7.20. The number of β-amino-alcohol motifs (C(OH)–C–C–N with tert-alkyl or cyclic N) is 1. The first kappa shape index (κ1) is 15.1. The maximum Gasteiger partial charge on any atom is 0.263 e. The molecular formula is C15H17BrClNO3. The van der Waals surface area contributed by atoms with Crippen LogP contribution in [-0.2, 0) is 4.79 Å².